The Balaban J connectivity index is 1.81. The Bertz CT molecular complexity index is 1230. The van der Waals surface area contributed by atoms with Crippen LogP contribution >= 0.6 is 7.67 Å². The molecule has 5 N–H and O–H groups in total. The lowest BCUT2D eigenvalue weighted by Gasteiger charge is -2.32. The van der Waals surface area contributed by atoms with Crippen molar-refractivity contribution in [2.24, 2.45) is 5.41 Å². The number of carbonyl (C=O) groups excluding carboxylic acids is 1. The summed E-state index contributed by atoms with van der Waals surface area (Å²) in [6.45, 7) is 12.9. The number of aliphatic hydroxyl groups is 2. The van der Waals surface area contributed by atoms with Gasteiger partial charge in [-0.05, 0) is 19.3 Å². The van der Waals surface area contributed by atoms with Crippen molar-refractivity contribution < 1.29 is 38.3 Å². The monoisotopic (exact) mass is 587 g/mol. The molecule has 0 aromatic carbocycles. The Morgan fingerprint density at radius 1 is 1.35 bits per heavy atom. The average Bonchev–Trinajstić information content (AvgIpc) is 3.38. The van der Waals surface area contributed by atoms with E-state index in [-0.39, 0.29) is 41.6 Å². The van der Waals surface area contributed by atoms with Crippen LogP contribution in [0.2, 0.25) is 0 Å². The maximum atomic E-state index is 14.0. The molecule has 15 nitrogen and oxygen atoms in total. The summed E-state index contributed by atoms with van der Waals surface area (Å²) in [5, 5.41) is 25.1. The van der Waals surface area contributed by atoms with E-state index in [2.05, 4.69) is 20.0 Å². The zero-order valence-corrected chi connectivity index (χ0v) is 25.2. The van der Waals surface area contributed by atoms with Gasteiger partial charge in [0.25, 0.3) is 0 Å². The number of nitrogens with one attached hydrogen (secondary N) is 1. The molecular weight excluding hydrogens is 545 g/mol. The smallest absolute Gasteiger partial charge is 0.344 e. The van der Waals surface area contributed by atoms with Gasteiger partial charge in [0.2, 0.25) is 11.8 Å². The van der Waals surface area contributed by atoms with Crippen LogP contribution in [0, 0.1) is 5.41 Å². The second kappa shape index (κ2) is 12.2. The molecule has 0 spiro atoms. The third-order valence-electron chi connectivity index (χ3n) is 6.48. The maximum absolute atomic E-state index is 14.0. The molecule has 2 unspecified atom stereocenters. The second-order valence-electron chi connectivity index (χ2n) is 11.1. The van der Waals surface area contributed by atoms with Crippen LogP contribution in [-0.4, -0.2) is 97.6 Å². The molecule has 2 aromatic rings. The number of nitrogens with zero attached hydrogens (tertiary/aromatic N) is 5. The largest absolute Gasteiger partial charge is 0.479 e. The third kappa shape index (κ3) is 6.73. The highest BCUT2D eigenvalue weighted by Crippen LogP contribution is 2.49. The maximum Gasteiger partial charge on any atom is 0.344 e. The fraction of sp³-hybridized carbons (Fsp3) is 0.750. The average molecular weight is 588 g/mol. The van der Waals surface area contributed by atoms with Gasteiger partial charge in [-0.15, -0.1) is 0 Å². The van der Waals surface area contributed by atoms with Gasteiger partial charge in [-0.3, -0.25) is 13.9 Å². The molecule has 3 rings (SSSR count). The van der Waals surface area contributed by atoms with Crippen molar-refractivity contribution in [3.8, 4) is 5.88 Å². The van der Waals surface area contributed by atoms with E-state index < -0.39 is 43.7 Å². The lowest BCUT2D eigenvalue weighted by Crippen LogP contribution is -2.45. The first-order valence-electron chi connectivity index (χ1n) is 13.1. The highest BCUT2D eigenvalue weighted by atomic mass is 31.2. The zero-order chi connectivity index (χ0) is 30.0. The Morgan fingerprint density at radius 2 is 2.00 bits per heavy atom. The number of esters is 1. The van der Waals surface area contributed by atoms with E-state index in [1.807, 2.05) is 20.8 Å². The number of anilines is 1. The van der Waals surface area contributed by atoms with Gasteiger partial charge in [-0.1, -0.05) is 34.6 Å². The summed E-state index contributed by atoms with van der Waals surface area (Å²) in [5.41, 5.74) is 4.25. The minimum Gasteiger partial charge on any atom is -0.479 e. The topological polar surface area (TPSA) is 196 Å². The molecule has 1 fully saturated rings. The predicted octanol–water partition coefficient (Wildman–Crippen LogP) is 1.46. The Hall–Kier alpha value is -2.39. The van der Waals surface area contributed by atoms with Gasteiger partial charge in [0.15, 0.2) is 17.4 Å². The molecule has 1 aliphatic heterocycles. The van der Waals surface area contributed by atoms with Crippen molar-refractivity contribution in [3.05, 3.63) is 6.33 Å². The molecule has 0 amide bonds. The van der Waals surface area contributed by atoms with Gasteiger partial charge in [0.05, 0.1) is 26.7 Å². The number of imidazole rings is 1. The Kier molecular flexibility index (Phi) is 9.82. The van der Waals surface area contributed by atoms with E-state index in [1.54, 1.807) is 18.5 Å². The molecule has 226 valence electrons. The fourth-order valence-electron chi connectivity index (χ4n) is 4.28. The number of methoxy groups -OCH3 is 1. The Morgan fingerprint density at radius 3 is 2.58 bits per heavy atom. The van der Waals surface area contributed by atoms with Gasteiger partial charge in [-0.25, -0.2) is 14.7 Å². The molecule has 40 heavy (non-hydrogen) atoms. The first-order valence-corrected chi connectivity index (χ1v) is 14.7. The van der Waals surface area contributed by atoms with Crippen molar-refractivity contribution in [3.63, 3.8) is 0 Å². The number of fused-ring (bicyclic) bond motifs is 1. The molecular formula is C24H42N7O8P. The van der Waals surface area contributed by atoms with E-state index in [9.17, 15) is 19.6 Å². The summed E-state index contributed by atoms with van der Waals surface area (Å²) in [6.07, 6.45) is -2.35. The summed E-state index contributed by atoms with van der Waals surface area (Å²) in [4.78, 5) is 25.0. The molecule has 2 aromatic heterocycles. The van der Waals surface area contributed by atoms with Crippen LogP contribution in [0.3, 0.4) is 0 Å². The summed E-state index contributed by atoms with van der Waals surface area (Å²) in [6, 6.07) is -0.948. The number of aliphatic hydroxyl groups excluding tert-OH is 1. The number of aromatic nitrogens is 4. The number of rotatable bonds is 12. The number of nitrogen functional groups attached to an aromatic ring is 1. The zero-order valence-electron chi connectivity index (χ0n) is 24.3. The van der Waals surface area contributed by atoms with Crippen LogP contribution in [0.5, 0.6) is 5.88 Å². The lowest BCUT2D eigenvalue weighted by atomic mass is 9.96. The van der Waals surface area contributed by atoms with Gasteiger partial charge < -0.3 is 34.7 Å². The molecule has 6 atom stereocenters. The number of ether oxygens (including phenoxy) is 3. The quantitative estimate of drug-likeness (QED) is 0.206. The van der Waals surface area contributed by atoms with Gasteiger partial charge in [-0.2, -0.15) is 9.97 Å². The van der Waals surface area contributed by atoms with Crippen LogP contribution in [0.25, 0.3) is 11.2 Å². The number of carbonyl (C=O) groups is 1. The second-order valence-corrected chi connectivity index (χ2v) is 13.2. The van der Waals surface area contributed by atoms with Crippen LogP contribution in [0.1, 0.15) is 54.7 Å². The number of nitrogens with two attached hydrogens (primary N) is 1. The van der Waals surface area contributed by atoms with E-state index in [4.69, 9.17) is 24.5 Å². The van der Waals surface area contributed by atoms with Crippen molar-refractivity contribution >= 4 is 30.8 Å². The van der Waals surface area contributed by atoms with Crippen LogP contribution < -0.4 is 15.6 Å². The number of hydrogen-bond acceptors (Lipinski definition) is 12. The molecule has 1 saturated heterocycles. The lowest BCUT2D eigenvalue weighted by molar-refractivity contribution is -0.148. The number of hydrogen-bond donors (Lipinski definition) is 4. The highest BCUT2D eigenvalue weighted by Gasteiger charge is 2.54. The summed E-state index contributed by atoms with van der Waals surface area (Å²) in [5.74, 6) is -0.513. The Labute approximate surface area is 233 Å². The minimum absolute atomic E-state index is 0.0782. The summed E-state index contributed by atoms with van der Waals surface area (Å²) >= 11 is 0. The van der Waals surface area contributed by atoms with Crippen molar-refractivity contribution in [2.45, 2.75) is 78.5 Å². The molecule has 0 saturated carbocycles. The molecule has 16 heteroatoms. The van der Waals surface area contributed by atoms with E-state index >= 15 is 0 Å². The van der Waals surface area contributed by atoms with Crippen molar-refractivity contribution in [1.82, 2.24) is 29.3 Å². The van der Waals surface area contributed by atoms with Gasteiger partial charge in [0.1, 0.15) is 23.9 Å². The van der Waals surface area contributed by atoms with Crippen molar-refractivity contribution in [2.75, 3.05) is 39.1 Å². The van der Waals surface area contributed by atoms with Crippen LogP contribution in [0.15, 0.2) is 6.33 Å². The minimum atomic E-state index is -3.82. The molecule has 0 radical (unpaired) electrons. The molecule has 0 aliphatic carbocycles. The SMILES string of the molecule is CCN(CC)P(=O)(N[C@@H](C)C(=O)OCC(C)(C)C)OC[C@H]1OC(n2cnc3c(OC)nc(N)nc32)[C@](C)(O)[C@@H]1O. The van der Waals surface area contributed by atoms with Gasteiger partial charge >= 0.3 is 13.6 Å². The van der Waals surface area contributed by atoms with Crippen LogP contribution in [-0.2, 0) is 23.4 Å². The first kappa shape index (κ1) is 32.1. The van der Waals surface area contributed by atoms with E-state index in [1.165, 1.54) is 31.9 Å². The van der Waals surface area contributed by atoms with E-state index in [0.717, 1.165) is 0 Å². The highest BCUT2D eigenvalue weighted by molar-refractivity contribution is 7.54. The van der Waals surface area contributed by atoms with Gasteiger partial charge in [0, 0.05) is 13.1 Å². The van der Waals surface area contributed by atoms with Crippen LogP contribution in [0.4, 0.5) is 5.95 Å². The van der Waals surface area contributed by atoms with Crippen molar-refractivity contribution in [1.29, 1.82) is 0 Å². The summed E-state index contributed by atoms with van der Waals surface area (Å²) in [7, 11) is -2.41. The fourth-order valence-corrected chi connectivity index (χ4v) is 6.37. The summed E-state index contributed by atoms with van der Waals surface area (Å²) < 4.78 is 39.5. The third-order valence-corrected chi connectivity index (χ3v) is 9.00. The molecule has 1 aliphatic rings. The normalized spacial score (nSPS) is 25.7. The first-order chi connectivity index (χ1) is 18.6. The predicted molar refractivity (Wildman–Crippen MR) is 146 cm³/mol. The standard InChI is InChI=1S/C24H42N7O8P/c1-9-30(10-2)40(35,29-14(3)20(33)37-12-23(4,5)6)38-11-15-17(32)24(7,34)21(39-15)31-13-26-16-18(31)27-22(25)28-19(16)36-8/h13-15,17,21,32,34H,9-12H2,1-8H3,(H,29,35)(H2,25,27,28)/t14-,15+,17+,21?,24+,40?/m0/s1. The molecule has 3 heterocycles. The molecule has 0 bridgehead atoms. The van der Waals surface area contributed by atoms with E-state index in [0.29, 0.717) is 13.1 Å².